The Kier molecular flexibility index (Phi) is 5.23. The van der Waals surface area contributed by atoms with Crippen molar-refractivity contribution in [3.05, 3.63) is 58.6 Å². The third kappa shape index (κ3) is 3.99. The largest absolute Gasteiger partial charge is 0.375 e. The molecule has 0 aliphatic rings. The third-order valence-electron chi connectivity index (χ3n) is 3.32. The summed E-state index contributed by atoms with van der Waals surface area (Å²) in [4.78, 5) is 12.1. The second-order valence-electron chi connectivity index (χ2n) is 4.84. The van der Waals surface area contributed by atoms with Crippen molar-refractivity contribution in [3.8, 4) is 0 Å². The van der Waals surface area contributed by atoms with Gasteiger partial charge in [-0.05, 0) is 36.6 Å². The van der Waals surface area contributed by atoms with Gasteiger partial charge in [-0.15, -0.1) is 0 Å². The van der Waals surface area contributed by atoms with Crippen LogP contribution < -0.4 is 10.6 Å². The van der Waals surface area contributed by atoms with Gasteiger partial charge in [-0.25, -0.2) is 0 Å². The molecule has 4 heteroatoms. The normalized spacial score (nSPS) is 10.2. The topological polar surface area (TPSA) is 41.1 Å². The molecule has 0 aliphatic heterocycles. The highest BCUT2D eigenvalue weighted by Gasteiger charge is 2.09. The Hall–Kier alpha value is -2.00. The van der Waals surface area contributed by atoms with Crippen LogP contribution in [0.25, 0.3) is 0 Å². The van der Waals surface area contributed by atoms with Gasteiger partial charge in [0.15, 0.2) is 0 Å². The summed E-state index contributed by atoms with van der Waals surface area (Å²) in [7, 11) is 0. The molecule has 2 aromatic carbocycles. The Bertz CT molecular complexity index is 640. The minimum absolute atomic E-state index is 0.0843. The molecule has 2 rings (SSSR count). The van der Waals surface area contributed by atoms with E-state index in [0.29, 0.717) is 5.02 Å². The van der Waals surface area contributed by atoms with Crippen LogP contribution in [0.15, 0.2) is 42.5 Å². The van der Waals surface area contributed by atoms with E-state index in [4.69, 9.17) is 11.6 Å². The lowest BCUT2D eigenvalue weighted by molar-refractivity contribution is -0.114. The van der Waals surface area contributed by atoms with Crippen molar-refractivity contribution in [2.75, 3.05) is 17.2 Å². The van der Waals surface area contributed by atoms with E-state index >= 15 is 0 Å². The van der Waals surface area contributed by atoms with Crippen LogP contribution in [-0.4, -0.2) is 12.5 Å². The molecule has 110 valence electrons. The fourth-order valence-corrected chi connectivity index (χ4v) is 2.37. The van der Waals surface area contributed by atoms with Crippen LogP contribution in [0.2, 0.25) is 5.02 Å². The molecule has 3 nitrogen and oxygen atoms in total. The molecule has 0 aromatic heterocycles. The van der Waals surface area contributed by atoms with Crippen LogP contribution in [0.1, 0.15) is 18.1 Å². The van der Waals surface area contributed by atoms with Gasteiger partial charge < -0.3 is 10.6 Å². The zero-order valence-electron chi connectivity index (χ0n) is 12.2. The van der Waals surface area contributed by atoms with Gasteiger partial charge in [-0.2, -0.15) is 0 Å². The fraction of sp³-hybridized carbons (Fsp3) is 0.235. The highest BCUT2D eigenvalue weighted by Crippen LogP contribution is 2.22. The number of carbonyl (C=O) groups is 1. The molecule has 0 spiro atoms. The number of rotatable bonds is 5. The first-order chi connectivity index (χ1) is 10.1. The van der Waals surface area contributed by atoms with Crippen LogP contribution in [0.5, 0.6) is 0 Å². The van der Waals surface area contributed by atoms with E-state index in [-0.39, 0.29) is 12.5 Å². The first kappa shape index (κ1) is 15.4. The van der Waals surface area contributed by atoms with E-state index in [1.54, 1.807) is 6.07 Å². The van der Waals surface area contributed by atoms with Gasteiger partial charge in [-0.1, -0.05) is 48.9 Å². The molecule has 2 aromatic rings. The predicted octanol–water partition coefficient (Wildman–Crippen LogP) is 4.26. The molecule has 0 atom stereocenters. The number of aryl methyl sites for hydroxylation is 2. The third-order valence-corrected chi connectivity index (χ3v) is 3.65. The molecule has 0 fully saturated rings. The van der Waals surface area contributed by atoms with Crippen LogP contribution in [0.4, 0.5) is 11.4 Å². The van der Waals surface area contributed by atoms with Gasteiger partial charge in [0.2, 0.25) is 5.91 Å². The second-order valence-corrected chi connectivity index (χ2v) is 5.25. The van der Waals surface area contributed by atoms with Crippen molar-refractivity contribution in [3.63, 3.8) is 0 Å². The second kappa shape index (κ2) is 7.14. The van der Waals surface area contributed by atoms with Crippen molar-refractivity contribution in [2.45, 2.75) is 20.3 Å². The summed E-state index contributed by atoms with van der Waals surface area (Å²) in [5.41, 5.74) is 3.88. The number of nitrogens with one attached hydrogen (secondary N) is 2. The van der Waals surface area contributed by atoms with Gasteiger partial charge >= 0.3 is 0 Å². The van der Waals surface area contributed by atoms with Crippen molar-refractivity contribution in [2.24, 2.45) is 0 Å². The summed E-state index contributed by atoms with van der Waals surface area (Å²) >= 11 is 6.05. The molecular weight excluding hydrogens is 284 g/mol. The van der Waals surface area contributed by atoms with Crippen LogP contribution in [-0.2, 0) is 11.2 Å². The Labute approximate surface area is 130 Å². The molecule has 21 heavy (non-hydrogen) atoms. The van der Waals surface area contributed by atoms with Crippen LogP contribution in [0.3, 0.4) is 0 Å². The number of halogens is 1. The van der Waals surface area contributed by atoms with Gasteiger partial charge in [0.05, 0.1) is 17.3 Å². The number of hydrogen-bond acceptors (Lipinski definition) is 2. The number of carbonyl (C=O) groups excluding carboxylic acids is 1. The SMILES string of the molecule is CCc1cccc(C)c1NC(=O)CNc1ccccc1Cl. The monoisotopic (exact) mass is 302 g/mol. The minimum atomic E-state index is -0.0843. The predicted molar refractivity (Wildman–Crippen MR) is 89.1 cm³/mol. The maximum Gasteiger partial charge on any atom is 0.243 e. The molecule has 0 radical (unpaired) electrons. The van der Waals surface area contributed by atoms with Gasteiger partial charge in [0.1, 0.15) is 0 Å². The molecule has 0 saturated heterocycles. The number of benzene rings is 2. The van der Waals surface area contributed by atoms with Gasteiger partial charge in [0.25, 0.3) is 0 Å². The number of anilines is 2. The quantitative estimate of drug-likeness (QED) is 0.866. The molecule has 0 aliphatic carbocycles. The Balaban J connectivity index is 2.01. The number of para-hydroxylation sites is 2. The lowest BCUT2D eigenvalue weighted by Crippen LogP contribution is -2.23. The van der Waals surface area contributed by atoms with Gasteiger partial charge in [-0.3, -0.25) is 4.79 Å². The zero-order valence-corrected chi connectivity index (χ0v) is 13.0. The molecule has 1 amide bonds. The Morgan fingerprint density at radius 2 is 1.90 bits per heavy atom. The summed E-state index contributed by atoms with van der Waals surface area (Å²) in [5.74, 6) is -0.0843. The van der Waals surface area contributed by atoms with Crippen molar-refractivity contribution in [1.29, 1.82) is 0 Å². The summed E-state index contributed by atoms with van der Waals surface area (Å²) in [6.07, 6.45) is 0.884. The maximum absolute atomic E-state index is 12.1. The molecule has 0 bridgehead atoms. The minimum Gasteiger partial charge on any atom is -0.375 e. The van der Waals surface area contributed by atoms with E-state index in [9.17, 15) is 4.79 Å². The average molecular weight is 303 g/mol. The van der Waals surface area contributed by atoms with Crippen molar-refractivity contribution < 1.29 is 4.79 Å². The summed E-state index contributed by atoms with van der Waals surface area (Å²) in [6.45, 7) is 4.25. The first-order valence-electron chi connectivity index (χ1n) is 6.98. The summed E-state index contributed by atoms with van der Waals surface area (Å²) in [5, 5.41) is 6.63. The van der Waals surface area contributed by atoms with Crippen LogP contribution >= 0.6 is 11.6 Å². The highest BCUT2D eigenvalue weighted by molar-refractivity contribution is 6.33. The molecule has 0 saturated carbocycles. The van der Waals surface area contributed by atoms with E-state index in [1.165, 1.54) is 0 Å². The smallest absolute Gasteiger partial charge is 0.243 e. The van der Waals surface area contributed by atoms with E-state index in [1.807, 2.05) is 43.3 Å². The number of hydrogen-bond donors (Lipinski definition) is 2. The lowest BCUT2D eigenvalue weighted by atomic mass is 10.1. The highest BCUT2D eigenvalue weighted by atomic mass is 35.5. The maximum atomic E-state index is 12.1. The first-order valence-corrected chi connectivity index (χ1v) is 7.36. The van der Waals surface area contributed by atoms with E-state index < -0.39 is 0 Å². The molecule has 0 unspecified atom stereocenters. The molecule has 0 heterocycles. The summed E-state index contributed by atoms with van der Waals surface area (Å²) < 4.78 is 0. The standard InChI is InChI=1S/C17H19ClN2O/c1-3-13-8-6-7-12(2)17(13)20-16(21)11-19-15-10-5-4-9-14(15)18/h4-10,19H,3,11H2,1-2H3,(H,20,21). The zero-order chi connectivity index (χ0) is 15.2. The van der Waals surface area contributed by atoms with Gasteiger partial charge in [0, 0.05) is 5.69 Å². The Morgan fingerprint density at radius 1 is 1.14 bits per heavy atom. The van der Waals surface area contributed by atoms with E-state index in [2.05, 4.69) is 17.6 Å². The fourth-order valence-electron chi connectivity index (χ4n) is 2.17. The van der Waals surface area contributed by atoms with Crippen molar-refractivity contribution in [1.82, 2.24) is 0 Å². The van der Waals surface area contributed by atoms with Crippen molar-refractivity contribution >= 4 is 28.9 Å². The van der Waals surface area contributed by atoms with E-state index in [0.717, 1.165) is 28.9 Å². The molecular formula is C17H19ClN2O. The summed E-state index contributed by atoms with van der Waals surface area (Å²) in [6, 6.07) is 13.4. The number of amides is 1. The average Bonchev–Trinajstić information content (AvgIpc) is 2.48. The molecule has 2 N–H and O–H groups in total. The van der Waals surface area contributed by atoms with Crippen LogP contribution in [0, 0.1) is 6.92 Å². The lowest BCUT2D eigenvalue weighted by Gasteiger charge is -2.14. The Morgan fingerprint density at radius 3 is 2.62 bits per heavy atom.